The summed E-state index contributed by atoms with van der Waals surface area (Å²) in [5.74, 6) is -4.87. The Balaban J connectivity index is 2.09. The number of nitrogens with two attached hydrogens (primary N) is 1. The van der Waals surface area contributed by atoms with Gasteiger partial charge in [-0.1, -0.05) is 44.2 Å². The molecule has 0 bridgehead atoms. The summed E-state index contributed by atoms with van der Waals surface area (Å²) < 4.78 is 43.6. The first-order valence-corrected chi connectivity index (χ1v) is 13.6. The molecule has 2 aromatic rings. The van der Waals surface area contributed by atoms with E-state index in [9.17, 15) is 23.5 Å². The fourth-order valence-corrected chi connectivity index (χ4v) is 5.46. The first-order chi connectivity index (χ1) is 19.1. The Morgan fingerprint density at radius 3 is 2.23 bits per heavy atom. The molecule has 4 N–H and O–H groups in total. The Bertz CT molecular complexity index is 1210. The molecule has 1 aliphatic rings. The summed E-state index contributed by atoms with van der Waals surface area (Å²) in [4.78, 5) is 28.2. The van der Waals surface area contributed by atoms with E-state index in [0.717, 1.165) is 35.9 Å². The molecule has 0 spiro atoms. The van der Waals surface area contributed by atoms with Gasteiger partial charge in [0.2, 0.25) is 11.8 Å². The number of allylic oxidation sites excluding steroid dienone is 2. The zero-order chi connectivity index (χ0) is 29.3. The third kappa shape index (κ3) is 7.82. The van der Waals surface area contributed by atoms with E-state index in [1.54, 1.807) is 4.90 Å². The highest BCUT2D eigenvalue weighted by Gasteiger charge is 2.51. The number of carbonyl (C=O) groups is 2. The van der Waals surface area contributed by atoms with Gasteiger partial charge in [-0.2, -0.15) is 0 Å². The third-order valence-electron chi connectivity index (χ3n) is 7.21. The second-order valence-electron chi connectivity index (χ2n) is 10.3. The Labute approximate surface area is 233 Å². The largest absolute Gasteiger partial charge is 0.391 e. The average molecular weight is 558 g/mol. The molecule has 0 saturated heterocycles. The molecular weight excluding hydrogens is 519 g/mol. The summed E-state index contributed by atoms with van der Waals surface area (Å²) in [5.41, 5.74) is 4.88. The summed E-state index contributed by atoms with van der Waals surface area (Å²) >= 11 is 0. The van der Waals surface area contributed by atoms with Gasteiger partial charge in [-0.15, -0.1) is 0 Å². The SMILES string of the molecule is CCCN(CCC)C(=O)C1([C@H](Cc2cc(F)cc(F)c2)[C@@H](O)CNCc2ccccc2)C=C(F)C=C(C(N)=O)C1. The number of hydrogen-bond donors (Lipinski definition) is 3. The van der Waals surface area contributed by atoms with Crippen LogP contribution in [0.3, 0.4) is 0 Å². The number of nitrogens with one attached hydrogen (secondary N) is 1. The van der Waals surface area contributed by atoms with Gasteiger partial charge in [-0.25, -0.2) is 13.2 Å². The van der Waals surface area contributed by atoms with Crippen LogP contribution < -0.4 is 11.1 Å². The first kappa shape index (κ1) is 31.1. The number of hydrogen-bond acceptors (Lipinski definition) is 4. The molecule has 0 aromatic heterocycles. The van der Waals surface area contributed by atoms with Crippen LogP contribution in [0.4, 0.5) is 13.2 Å². The van der Waals surface area contributed by atoms with Crippen molar-refractivity contribution in [1.29, 1.82) is 0 Å². The number of rotatable bonds is 14. The predicted molar refractivity (Wildman–Crippen MR) is 148 cm³/mol. The van der Waals surface area contributed by atoms with Gasteiger partial charge in [0.1, 0.15) is 17.5 Å². The average Bonchev–Trinajstić information content (AvgIpc) is 2.90. The Morgan fingerprint density at radius 1 is 1.02 bits per heavy atom. The maximum Gasteiger partial charge on any atom is 0.244 e. The summed E-state index contributed by atoms with van der Waals surface area (Å²) in [7, 11) is 0. The third-order valence-corrected chi connectivity index (χ3v) is 7.21. The van der Waals surface area contributed by atoms with Crippen LogP contribution in [0.5, 0.6) is 0 Å². The van der Waals surface area contributed by atoms with Crippen molar-refractivity contribution in [3.05, 3.63) is 94.8 Å². The minimum Gasteiger partial charge on any atom is -0.391 e. The van der Waals surface area contributed by atoms with Gasteiger partial charge in [-0.3, -0.25) is 9.59 Å². The summed E-state index contributed by atoms with van der Waals surface area (Å²) in [6.45, 7) is 4.98. The molecule has 0 aliphatic heterocycles. The monoisotopic (exact) mass is 557 g/mol. The van der Waals surface area contributed by atoms with Crippen molar-refractivity contribution in [2.24, 2.45) is 17.1 Å². The van der Waals surface area contributed by atoms with Crippen molar-refractivity contribution in [2.75, 3.05) is 19.6 Å². The second kappa shape index (κ2) is 14.3. The highest BCUT2D eigenvalue weighted by Crippen LogP contribution is 2.46. The highest BCUT2D eigenvalue weighted by molar-refractivity contribution is 5.96. The second-order valence-corrected chi connectivity index (χ2v) is 10.3. The van der Waals surface area contributed by atoms with Crippen molar-refractivity contribution >= 4 is 11.8 Å². The minimum absolute atomic E-state index is 0.000970. The molecule has 1 unspecified atom stereocenters. The van der Waals surface area contributed by atoms with Crippen LogP contribution >= 0.6 is 0 Å². The molecule has 3 atom stereocenters. The molecule has 0 heterocycles. The zero-order valence-corrected chi connectivity index (χ0v) is 23.0. The van der Waals surface area contributed by atoms with E-state index in [4.69, 9.17) is 5.73 Å². The lowest BCUT2D eigenvalue weighted by atomic mass is 9.63. The van der Waals surface area contributed by atoms with Crippen LogP contribution in [0.1, 0.15) is 44.2 Å². The van der Waals surface area contributed by atoms with Gasteiger partial charge < -0.3 is 21.1 Å². The molecular formula is C31H38F3N3O3. The van der Waals surface area contributed by atoms with Crippen LogP contribution in [-0.4, -0.2) is 47.6 Å². The van der Waals surface area contributed by atoms with Crippen molar-refractivity contribution < 1.29 is 27.9 Å². The Hall–Kier alpha value is -3.43. The first-order valence-electron chi connectivity index (χ1n) is 13.6. The zero-order valence-electron chi connectivity index (χ0n) is 23.0. The lowest BCUT2D eigenvalue weighted by Crippen LogP contribution is -2.54. The lowest BCUT2D eigenvalue weighted by molar-refractivity contribution is -0.145. The number of amides is 2. The Morgan fingerprint density at radius 2 is 1.65 bits per heavy atom. The topological polar surface area (TPSA) is 95.7 Å². The Kier molecular flexibility index (Phi) is 11.1. The normalized spacial score (nSPS) is 18.4. The molecule has 2 amide bonds. The van der Waals surface area contributed by atoms with Gasteiger partial charge in [0.05, 0.1) is 11.5 Å². The molecule has 216 valence electrons. The molecule has 3 rings (SSSR count). The maximum absolute atomic E-state index is 15.2. The predicted octanol–water partition coefficient (Wildman–Crippen LogP) is 4.58. The number of benzene rings is 2. The van der Waals surface area contributed by atoms with E-state index >= 15 is 4.39 Å². The van der Waals surface area contributed by atoms with Crippen LogP contribution in [0.2, 0.25) is 0 Å². The number of carbonyl (C=O) groups excluding carboxylic acids is 2. The summed E-state index contributed by atoms with van der Waals surface area (Å²) in [6.07, 6.45) is 1.73. The fourth-order valence-electron chi connectivity index (χ4n) is 5.46. The van der Waals surface area contributed by atoms with Crippen molar-refractivity contribution in [1.82, 2.24) is 10.2 Å². The molecule has 1 aliphatic carbocycles. The van der Waals surface area contributed by atoms with E-state index in [1.165, 1.54) is 0 Å². The van der Waals surface area contributed by atoms with Gasteiger partial charge in [0, 0.05) is 43.7 Å². The summed E-state index contributed by atoms with van der Waals surface area (Å²) in [5, 5.41) is 14.8. The van der Waals surface area contributed by atoms with Crippen LogP contribution in [-0.2, 0) is 22.6 Å². The number of primary amides is 1. The van der Waals surface area contributed by atoms with Gasteiger partial charge in [0.25, 0.3) is 0 Å². The number of nitrogens with zero attached hydrogens (tertiary/aromatic N) is 1. The van der Waals surface area contributed by atoms with Crippen molar-refractivity contribution in [2.45, 2.75) is 52.2 Å². The smallest absolute Gasteiger partial charge is 0.244 e. The van der Waals surface area contributed by atoms with Crippen LogP contribution in [0, 0.1) is 23.0 Å². The maximum atomic E-state index is 15.2. The molecule has 40 heavy (non-hydrogen) atoms. The van der Waals surface area contributed by atoms with E-state index in [2.05, 4.69) is 5.32 Å². The number of halogens is 3. The van der Waals surface area contributed by atoms with Crippen LogP contribution in [0.25, 0.3) is 0 Å². The van der Waals surface area contributed by atoms with Gasteiger partial charge >= 0.3 is 0 Å². The van der Waals surface area contributed by atoms with Crippen molar-refractivity contribution in [3.8, 4) is 0 Å². The quantitative estimate of drug-likeness (QED) is 0.317. The van der Waals surface area contributed by atoms with E-state index in [0.29, 0.717) is 32.5 Å². The molecule has 6 nitrogen and oxygen atoms in total. The minimum atomic E-state index is -1.73. The van der Waals surface area contributed by atoms with Crippen LogP contribution in [0.15, 0.2) is 72.1 Å². The number of aliphatic hydroxyl groups is 1. The summed E-state index contributed by atoms with van der Waals surface area (Å²) in [6, 6.07) is 12.5. The molecule has 9 heteroatoms. The standard InChI is InChI=1S/C31H38F3N3O3/c1-3-10-37(11-4-2)30(40)31(17-23(29(35)39)15-26(34)18-31)27(14-22-12-24(32)16-25(33)13-22)28(38)20-36-19-21-8-6-5-7-9-21/h5-9,12-13,15-16,18,27-28,36,38H,3-4,10-11,14,17,19-20H2,1-2H3,(H2,35,39)/t27-,28+,31?/m1/s1. The lowest BCUT2D eigenvalue weighted by Gasteiger charge is -2.44. The molecule has 2 aromatic carbocycles. The fraction of sp³-hybridized carbons (Fsp3) is 0.419. The molecule has 0 saturated carbocycles. The van der Waals surface area contributed by atoms with Gasteiger partial charge in [0.15, 0.2) is 0 Å². The molecule has 0 radical (unpaired) electrons. The highest BCUT2D eigenvalue weighted by atomic mass is 19.1. The molecule has 0 fully saturated rings. The van der Waals surface area contributed by atoms with E-state index in [-0.39, 0.29) is 30.5 Å². The van der Waals surface area contributed by atoms with E-state index < -0.39 is 46.7 Å². The van der Waals surface area contributed by atoms with E-state index in [1.807, 2.05) is 44.2 Å². The van der Waals surface area contributed by atoms with Crippen molar-refractivity contribution in [3.63, 3.8) is 0 Å². The van der Waals surface area contributed by atoms with Gasteiger partial charge in [-0.05, 0) is 61.1 Å². The number of aliphatic hydroxyl groups excluding tert-OH is 1.